The maximum Gasteiger partial charge on any atom is 0.254 e. The molecule has 0 radical (unpaired) electrons. The molecule has 0 saturated carbocycles. The van der Waals surface area contributed by atoms with E-state index in [0.717, 1.165) is 11.5 Å². The number of benzene rings is 1. The molecule has 5 heteroatoms. The van der Waals surface area contributed by atoms with Crippen molar-refractivity contribution in [1.29, 1.82) is 0 Å². The highest BCUT2D eigenvalue weighted by molar-refractivity contribution is 5.94. The lowest BCUT2D eigenvalue weighted by Gasteiger charge is -2.16. The first-order valence-corrected chi connectivity index (χ1v) is 6.34. The molecule has 1 aromatic heterocycles. The lowest BCUT2D eigenvalue weighted by atomic mass is 10.2. The zero-order chi connectivity index (χ0) is 14.1. The van der Waals surface area contributed by atoms with E-state index in [-0.39, 0.29) is 12.7 Å². The van der Waals surface area contributed by atoms with Crippen LogP contribution in [0.2, 0.25) is 0 Å². The third kappa shape index (κ3) is 2.34. The van der Waals surface area contributed by atoms with Crippen LogP contribution in [0, 0.1) is 6.92 Å². The van der Waals surface area contributed by atoms with Gasteiger partial charge in [-0.05, 0) is 37.3 Å². The lowest BCUT2D eigenvalue weighted by molar-refractivity contribution is 0.0774. The largest absolute Gasteiger partial charge is 0.464 e. The molecular formula is C15H15NO4. The van der Waals surface area contributed by atoms with Crippen LogP contribution in [0.3, 0.4) is 0 Å². The van der Waals surface area contributed by atoms with Gasteiger partial charge in [-0.2, -0.15) is 0 Å². The van der Waals surface area contributed by atoms with E-state index in [2.05, 4.69) is 0 Å². The molecule has 2 aromatic rings. The Balaban J connectivity index is 1.74. The van der Waals surface area contributed by atoms with Crippen LogP contribution >= 0.6 is 0 Å². The third-order valence-corrected chi connectivity index (χ3v) is 3.16. The van der Waals surface area contributed by atoms with Crippen LogP contribution in [-0.4, -0.2) is 24.6 Å². The zero-order valence-corrected chi connectivity index (χ0v) is 11.4. The summed E-state index contributed by atoms with van der Waals surface area (Å²) in [5.74, 6) is 2.80. The number of hydrogen-bond acceptors (Lipinski definition) is 4. The SMILES string of the molecule is Cc1ccc(CN(C)C(=O)c2ccc3c(c2)OCO3)o1. The fourth-order valence-corrected chi connectivity index (χ4v) is 2.13. The molecule has 0 spiro atoms. The van der Waals surface area contributed by atoms with Gasteiger partial charge in [0, 0.05) is 12.6 Å². The summed E-state index contributed by atoms with van der Waals surface area (Å²) in [5, 5.41) is 0. The van der Waals surface area contributed by atoms with Crippen molar-refractivity contribution in [2.45, 2.75) is 13.5 Å². The van der Waals surface area contributed by atoms with Crippen LogP contribution in [0.5, 0.6) is 11.5 Å². The smallest absolute Gasteiger partial charge is 0.254 e. The number of aryl methyl sites for hydroxylation is 1. The minimum absolute atomic E-state index is 0.0858. The van der Waals surface area contributed by atoms with Crippen LogP contribution < -0.4 is 9.47 Å². The Hall–Kier alpha value is -2.43. The first-order valence-electron chi connectivity index (χ1n) is 6.34. The highest BCUT2D eigenvalue weighted by atomic mass is 16.7. The van der Waals surface area contributed by atoms with E-state index in [0.29, 0.717) is 23.6 Å². The zero-order valence-electron chi connectivity index (χ0n) is 11.4. The molecule has 104 valence electrons. The quantitative estimate of drug-likeness (QED) is 0.862. The number of hydrogen-bond donors (Lipinski definition) is 0. The molecule has 0 N–H and O–H groups in total. The predicted molar refractivity (Wildman–Crippen MR) is 71.8 cm³/mol. The molecule has 1 aromatic carbocycles. The molecule has 1 aliphatic heterocycles. The molecule has 0 aliphatic carbocycles. The lowest BCUT2D eigenvalue weighted by Crippen LogP contribution is -2.25. The average molecular weight is 273 g/mol. The molecule has 0 atom stereocenters. The molecule has 0 bridgehead atoms. The van der Waals surface area contributed by atoms with Crippen LogP contribution in [-0.2, 0) is 6.54 Å². The normalized spacial score (nSPS) is 12.5. The summed E-state index contributed by atoms with van der Waals surface area (Å²) in [7, 11) is 1.74. The predicted octanol–water partition coefficient (Wildman–Crippen LogP) is 2.59. The molecule has 1 amide bonds. The van der Waals surface area contributed by atoms with Crippen molar-refractivity contribution in [3.8, 4) is 11.5 Å². The van der Waals surface area contributed by atoms with Gasteiger partial charge in [0.05, 0.1) is 6.54 Å². The fourth-order valence-electron chi connectivity index (χ4n) is 2.13. The number of ether oxygens (including phenoxy) is 2. The molecule has 20 heavy (non-hydrogen) atoms. The van der Waals surface area contributed by atoms with E-state index >= 15 is 0 Å². The van der Waals surface area contributed by atoms with Gasteiger partial charge in [0.2, 0.25) is 6.79 Å². The Morgan fingerprint density at radius 2 is 2.00 bits per heavy atom. The number of nitrogens with zero attached hydrogens (tertiary/aromatic N) is 1. The summed E-state index contributed by atoms with van der Waals surface area (Å²) in [4.78, 5) is 14.0. The summed E-state index contributed by atoms with van der Waals surface area (Å²) in [6.45, 7) is 2.51. The summed E-state index contributed by atoms with van der Waals surface area (Å²) in [6.07, 6.45) is 0. The number of carbonyl (C=O) groups excluding carboxylic acids is 1. The molecule has 0 unspecified atom stereocenters. The molecule has 1 aliphatic rings. The first kappa shape index (κ1) is 12.6. The second-order valence-electron chi connectivity index (χ2n) is 4.74. The highest BCUT2D eigenvalue weighted by Gasteiger charge is 2.19. The van der Waals surface area contributed by atoms with Crippen molar-refractivity contribution in [3.63, 3.8) is 0 Å². The number of rotatable bonds is 3. The van der Waals surface area contributed by atoms with Gasteiger partial charge < -0.3 is 18.8 Å². The van der Waals surface area contributed by atoms with Crippen molar-refractivity contribution in [2.24, 2.45) is 0 Å². The van der Waals surface area contributed by atoms with Gasteiger partial charge in [-0.3, -0.25) is 4.79 Å². The average Bonchev–Trinajstić information content (AvgIpc) is 3.05. The molecule has 5 nitrogen and oxygen atoms in total. The minimum Gasteiger partial charge on any atom is -0.464 e. The number of amides is 1. The van der Waals surface area contributed by atoms with E-state index < -0.39 is 0 Å². The Morgan fingerprint density at radius 3 is 2.75 bits per heavy atom. The molecule has 3 rings (SSSR count). The molecule has 2 heterocycles. The van der Waals surface area contributed by atoms with Crippen molar-refractivity contribution >= 4 is 5.91 Å². The van der Waals surface area contributed by atoms with Crippen LogP contribution in [0.25, 0.3) is 0 Å². The van der Waals surface area contributed by atoms with E-state index in [9.17, 15) is 4.79 Å². The topological polar surface area (TPSA) is 51.9 Å². The Kier molecular flexibility index (Phi) is 3.10. The Labute approximate surface area is 116 Å². The first-order chi connectivity index (χ1) is 9.63. The van der Waals surface area contributed by atoms with E-state index in [1.165, 1.54) is 0 Å². The monoisotopic (exact) mass is 273 g/mol. The van der Waals surface area contributed by atoms with E-state index in [4.69, 9.17) is 13.9 Å². The van der Waals surface area contributed by atoms with Gasteiger partial charge >= 0.3 is 0 Å². The second kappa shape index (κ2) is 4.92. The van der Waals surface area contributed by atoms with Gasteiger partial charge in [-0.25, -0.2) is 0 Å². The van der Waals surface area contributed by atoms with Gasteiger partial charge in [-0.15, -0.1) is 0 Å². The van der Waals surface area contributed by atoms with Crippen LogP contribution in [0.1, 0.15) is 21.9 Å². The van der Waals surface area contributed by atoms with Gasteiger partial charge in [-0.1, -0.05) is 0 Å². The van der Waals surface area contributed by atoms with E-state index in [1.807, 2.05) is 19.1 Å². The number of carbonyl (C=O) groups is 1. The van der Waals surface area contributed by atoms with Crippen molar-refractivity contribution in [2.75, 3.05) is 13.8 Å². The number of fused-ring (bicyclic) bond motifs is 1. The van der Waals surface area contributed by atoms with Gasteiger partial charge in [0.15, 0.2) is 11.5 Å². The van der Waals surface area contributed by atoms with Crippen molar-refractivity contribution in [1.82, 2.24) is 4.90 Å². The molecule has 0 saturated heterocycles. The number of furan rings is 1. The van der Waals surface area contributed by atoms with E-state index in [1.54, 1.807) is 30.1 Å². The fraction of sp³-hybridized carbons (Fsp3) is 0.267. The highest BCUT2D eigenvalue weighted by Crippen LogP contribution is 2.32. The summed E-state index contributed by atoms with van der Waals surface area (Å²) in [5.41, 5.74) is 0.569. The Bertz CT molecular complexity index is 647. The minimum atomic E-state index is -0.0858. The van der Waals surface area contributed by atoms with Crippen LogP contribution in [0.4, 0.5) is 0 Å². The second-order valence-corrected chi connectivity index (χ2v) is 4.74. The molecular weight excluding hydrogens is 258 g/mol. The third-order valence-electron chi connectivity index (χ3n) is 3.16. The van der Waals surface area contributed by atoms with Crippen molar-refractivity contribution < 1.29 is 18.7 Å². The van der Waals surface area contributed by atoms with Gasteiger partial charge in [0.25, 0.3) is 5.91 Å². The summed E-state index contributed by atoms with van der Waals surface area (Å²) < 4.78 is 16.0. The maximum absolute atomic E-state index is 12.3. The van der Waals surface area contributed by atoms with Crippen LogP contribution in [0.15, 0.2) is 34.7 Å². The Morgan fingerprint density at radius 1 is 1.20 bits per heavy atom. The maximum atomic E-state index is 12.3. The van der Waals surface area contributed by atoms with Gasteiger partial charge in [0.1, 0.15) is 11.5 Å². The van der Waals surface area contributed by atoms with Crippen molar-refractivity contribution in [3.05, 3.63) is 47.4 Å². The summed E-state index contributed by atoms with van der Waals surface area (Å²) >= 11 is 0. The summed E-state index contributed by atoms with van der Waals surface area (Å²) in [6, 6.07) is 8.95. The standard InChI is InChI=1S/C15H15NO4/c1-10-3-5-12(20-10)8-16(2)15(17)11-4-6-13-14(7-11)19-9-18-13/h3-7H,8-9H2,1-2H3. The molecule has 0 fully saturated rings.